The highest BCUT2D eigenvalue weighted by Gasteiger charge is 2.26. The van der Waals surface area contributed by atoms with Crippen LogP contribution < -0.4 is 14.4 Å². The third-order valence-electron chi connectivity index (χ3n) is 7.72. The number of anilines is 3. The standard InChI is InChI=1S/C36H21NO4/c1-3-11-29-24(8-1)26-18-16-22(20-34(26)38-29)37(23-17-19-27-25-9-2-4-12-30(25)39-35(27)21-23)28-10-7-15-33-36(28)41-32-14-6-5-13-31(32)40-33/h1-21H. The van der Waals surface area contributed by atoms with Gasteiger partial charge in [-0.3, -0.25) is 0 Å². The van der Waals surface area contributed by atoms with Crippen molar-refractivity contribution in [2.24, 2.45) is 0 Å². The molecule has 2 aromatic heterocycles. The van der Waals surface area contributed by atoms with Crippen molar-refractivity contribution < 1.29 is 18.3 Å². The van der Waals surface area contributed by atoms with Crippen LogP contribution in [-0.2, 0) is 0 Å². The van der Waals surface area contributed by atoms with Gasteiger partial charge in [-0.1, -0.05) is 54.6 Å². The zero-order valence-electron chi connectivity index (χ0n) is 21.7. The fourth-order valence-corrected chi connectivity index (χ4v) is 5.85. The van der Waals surface area contributed by atoms with Gasteiger partial charge in [0.2, 0.25) is 0 Å². The van der Waals surface area contributed by atoms with Crippen LogP contribution in [0.3, 0.4) is 0 Å². The fraction of sp³-hybridized carbons (Fsp3) is 0. The predicted molar refractivity (Wildman–Crippen MR) is 162 cm³/mol. The molecule has 41 heavy (non-hydrogen) atoms. The van der Waals surface area contributed by atoms with Crippen LogP contribution >= 0.6 is 0 Å². The lowest BCUT2D eigenvalue weighted by molar-refractivity contribution is 0.360. The molecular weight excluding hydrogens is 510 g/mol. The lowest BCUT2D eigenvalue weighted by Crippen LogP contribution is -2.12. The molecule has 0 saturated carbocycles. The maximum Gasteiger partial charge on any atom is 0.194 e. The van der Waals surface area contributed by atoms with Crippen LogP contribution in [0, 0.1) is 0 Å². The molecule has 8 aromatic rings. The topological polar surface area (TPSA) is 48.0 Å². The average Bonchev–Trinajstić information content (AvgIpc) is 3.58. The van der Waals surface area contributed by atoms with Crippen LogP contribution in [0.2, 0.25) is 0 Å². The first-order valence-electron chi connectivity index (χ1n) is 13.5. The number of hydrogen-bond donors (Lipinski definition) is 0. The maximum atomic E-state index is 6.49. The van der Waals surface area contributed by atoms with Gasteiger partial charge in [0, 0.05) is 33.7 Å². The predicted octanol–water partition coefficient (Wildman–Crippen LogP) is 10.9. The molecule has 0 spiro atoms. The summed E-state index contributed by atoms with van der Waals surface area (Å²) in [5, 5.41) is 4.32. The first-order valence-corrected chi connectivity index (χ1v) is 13.5. The van der Waals surface area contributed by atoms with E-state index in [1.54, 1.807) is 0 Å². The highest BCUT2D eigenvalue weighted by molar-refractivity contribution is 6.08. The number of para-hydroxylation sites is 5. The van der Waals surface area contributed by atoms with E-state index in [1.807, 2.05) is 78.9 Å². The maximum absolute atomic E-state index is 6.49. The average molecular weight is 532 g/mol. The molecule has 0 fully saturated rings. The minimum atomic E-state index is 0.639. The molecule has 0 saturated heterocycles. The number of hydrogen-bond acceptors (Lipinski definition) is 5. The summed E-state index contributed by atoms with van der Waals surface area (Å²) in [5.41, 5.74) is 6.02. The molecule has 0 N–H and O–H groups in total. The minimum absolute atomic E-state index is 0.639. The van der Waals surface area contributed by atoms with E-state index in [1.165, 1.54) is 0 Å². The van der Waals surface area contributed by atoms with Gasteiger partial charge in [0.15, 0.2) is 23.0 Å². The van der Waals surface area contributed by atoms with E-state index in [2.05, 4.69) is 53.4 Å². The van der Waals surface area contributed by atoms with Crippen molar-refractivity contribution in [2.45, 2.75) is 0 Å². The molecule has 5 heteroatoms. The molecule has 6 aromatic carbocycles. The zero-order valence-corrected chi connectivity index (χ0v) is 21.7. The molecule has 0 unspecified atom stereocenters. The van der Waals surface area contributed by atoms with Crippen molar-refractivity contribution in [3.05, 3.63) is 127 Å². The van der Waals surface area contributed by atoms with Gasteiger partial charge >= 0.3 is 0 Å². The quantitative estimate of drug-likeness (QED) is 0.227. The van der Waals surface area contributed by atoms with Crippen molar-refractivity contribution >= 4 is 60.9 Å². The van der Waals surface area contributed by atoms with Crippen LogP contribution in [0.15, 0.2) is 136 Å². The number of benzene rings is 6. The Hall–Kier alpha value is -5.68. The molecule has 0 bridgehead atoms. The van der Waals surface area contributed by atoms with Gasteiger partial charge in [0.1, 0.15) is 22.3 Å². The van der Waals surface area contributed by atoms with Crippen molar-refractivity contribution in [1.29, 1.82) is 0 Å². The fourth-order valence-electron chi connectivity index (χ4n) is 5.85. The summed E-state index contributed by atoms with van der Waals surface area (Å²) < 4.78 is 25.3. The smallest absolute Gasteiger partial charge is 0.194 e. The van der Waals surface area contributed by atoms with Crippen LogP contribution in [0.25, 0.3) is 43.9 Å². The van der Waals surface area contributed by atoms with Gasteiger partial charge in [0.25, 0.3) is 0 Å². The molecule has 0 atom stereocenters. The second-order valence-corrected chi connectivity index (χ2v) is 10.1. The van der Waals surface area contributed by atoms with Crippen LogP contribution in [0.1, 0.15) is 0 Å². The van der Waals surface area contributed by atoms with Crippen LogP contribution in [0.5, 0.6) is 23.0 Å². The Labute approximate surface area is 234 Å². The Morgan fingerprint density at radius 2 is 0.902 bits per heavy atom. The summed E-state index contributed by atoms with van der Waals surface area (Å²) in [6.07, 6.45) is 0. The Balaban J connectivity index is 1.28. The molecule has 9 rings (SSSR count). The van der Waals surface area contributed by atoms with Crippen molar-refractivity contribution in [3.63, 3.8) is 0 Å². The summed E-state index contributed by atoms with van der Waals surface area (Å²) in [5.74, 6) is 2.66. The first-order chi connectivity index (χ1) is 20.3. The van der Waals surface area contributed by atoms with Crippen molar-refractivity contribution in [3.8, 4) is 23.0 Å². The number of furan rings is 2. The summed E-state index contributed by atoms with van der Waals surface area (Å²) in [6.45, 7) is 0. The van der Waals surface area contributed by atoms with Crippen LogP contribution in [0.4, 0.5) is 17.1 Å². The first kappa shape index (κ1) is 22.2. The zero-order chi connectivity index (χ0) is 26.9. The lowest BCUT2D eigenvalue weighted by Gasteiger charge is -2.30. The number of fused-ring (bicyclic) bond motifs is 8. The van der Waals surface area contributed by atoms with Crippen molar-refractivity contribution in [2.75, 3.05) is 4.90 Å². The van der Waals surface area contributed by atoms with E-state index < -0.39 is 0 Å². The Morgan fingerprint density at radius 1 is 0.390 bits per heavy atom. The van der Waals surface area contributed by atoms with E-state index in [-0.39, 0.29) is 0 Å². The molecule has 0 radical (unpaired) electrons. The monoisotopic (exact) mass is 531 g/mol. The van der Waals surface area contributed by atoms with Gasteiger partial charge in [-0.25, -0.2) is 0 Å². The second-order valence-electron chi connectivity index (χ2n) is 10.1. The Kier molecular flexibility index (Phi) is 4.55. The number of ether oxygens (including phenoxy) is 2. The van der Waals surface area contributed by atoms with Crippen LogP contribution in [-0.4, -0.2) is 0 Å². The summed E-state index contributed by atoms with van der Waals surface area (Å²) >= 11 is 0. The molecule has 0 amide bonds. The van der Waals surface area contributed by atoms with E-state index in [0.717, 1.165) is 60.9 Å². The van der Waals surface area contributed by atoms with Gasteiger partial charge in [-0.05, 0) is 60.7 Å². The third kappa shape index (κ3) is 3.36. The minimum Gasteiger partial charge on any atom is -0.456 e. The molecule has 1 aliphatic rings. The third-order valence-corrected chi connectivity index (χ3v) is 7.72. The summed E-state index contributed by atoms with van der Waals surface area (Å²) in [6, 6.07) is 42.5. The molecular formula is C36H21NO4. The molecule has 194 valence electrons. The number of rotatable bonds is 3. The SMILES string of the molecule is c1ccc2c(c1)Oc1cccc(N(c3ccc4c(c3)oc3ccccc34)c3ccc4c(c3)oc3ccccc34)c1O2. The normalized spacial score (nSPS) is 12.3. The largest absolute Gasteiger partial charge is 0.456 e. The van der Waals surface area contributed by atoms with E-state index in [9.17, 15) is 0 Å². The summed E-state index contributed by atoms with van der Waals surface area (Å²) in [4.78, 5) is 2.16. The number of nitrogens with zero attached hydrogens (tertiary/aromatic N) is 1. The van der Waals surface area contributed by atoms with Gasteiger partial charge < -0.3 is 23.2 Å². The highest BCUT2D eigenvalue weighted by Crippen LogP contribution is 2.53. The van der Waals surface area contributed by atoms with Crippen molar-refractivity contribution in [1.82, 2.24) is 0 Å². The molecule has 3 heterocycles. The summed E-state index contributed by atoms with van der Waals surface area (Å²) in [7, 11) is 0. The molecule has 0 aliphatic carbocycles. The van der Waals surface area contributed by atoms with E-state index in [4.69, 9.17) is 18.3 Å². The van der Waals surface area contributed by atoms with Gasteiger partial charge in [-0.2, -0.15) is 0 Å². The van der Waals surface area contributed by atoms with Gasteiger partial charge in [0.05, 0.1) is 17.1 Å². The van der Waals surface area contributed by atoms with Gasteiger partial charge in [-0.15, -0.1) is 0 Å². The van der Waals surface area contributed by atoms with E-state index >= 15 is 0 Å². The lowest BCUT2D eigenvalue weighted by atomic mass is 10.1. The molecule has 1 aliphatic heterocycles. The Morgan fingerprint density at radius 3 is 1.54 bits per heavy atom. The highest BCUT2D eigenvalue weighted by atomic mass is 16.6. The van der Waals surface area contributed by atoms with E-state index in [0.29, 0.717) is 23.0 Å². The Bertz CT molecular complexity index is 2180. The second kappa shape index (κ2) is 8.41. The molecule has 5 nitrogen and oxygen atoms in total.